The van der Waals surface area contributed by atoms with Gasteiger partial charge in [0, 0.05) is 6.07 Å². The predicted octanol–water partition coefficient (Wildman–Crippen LogP) is 3.02. The molecule has 2 heterocycles. The standard InChI is InChI=1S/C9H5Cl3N4O/c10-4-1-5(15-8(4)12)9(17)16-7-2-6(11)13-3-14-7/h1-3,15H,(H,13,14,16,17). The molecular weight excluding hydrogens is 286 g/mol. The first-order valence-electron chi connectivity index (χ1n) is 4.39. The Labute approximate surface area is 111 Å². The zero-order valence-electron chi connectivity index (χ0n) is 8.17. The molecule has 0 bridgehead atoms. The molecule has 0 radical (unpaired) electrons. The molecule has 0 saturated carbocycles. The second-order valence-corrected chi connectivity index (χ2v) is 4.20. The van der Waals surface area contributed by atoms with Crippen molar-refractivity contribution >= 4 is 46.5 Å². The molecule has 17 heavy (non-hydrogen) atoms. The molecule has 2 N–H and O–H groups in total. The van der Waals surface area contributed by atoms with Crippen molar-refractivity contribution in [3.8, 4) is 0 Å². The summed E-state index contributed by atoms with van der Waals surface area (Å²) in [6.45, 7) is 0. The molecule has 0 unspecified atom stereocenters. The van der Waals surface area contributed by atoms with Crippen LogP contribution in [0, 0.1) is 0 Å². The fraction of sp³-hybridized carbons (Fsp3) is 0. The van der Waals surface area contributed by atoms with Crippen molar-refractivity contribution < 1.29 is 4.79 Å². The summed E-state index contributed by atoms with van der Waals surface area (Å²) >= 11 is 17.1. The number of hydrogen-bond acceptors (Lipinski definition) is 3. The molecule has 0 aliphatic rings. The summed E-state index contributed by atoms with van der Waals surface area (Å²) in [5.41, 5.74) is 0.231. The highest BCUT2D eigenvalue weighted by Gasteiger charge is 2.12. The molecule has 0 aliphatic heterocycles. The normalized spacial score (nSPS) is 10.3. The van der Waals surface area contributed by atoms with Gasteiger partial charge in [0.1, 0.15) is 28.1 Å². The molecule has 2 aromatic heterocycles. The van der Waals surface area contributed by atoms with E-state index in [2.05, 4.69) is 20.3 Å². The Morgan fingerprint density at radius 2 is 2.00 bits per heavy atom. The Balaban J connectivity index is 2.17. The molecular formula is C9H5Cl3N4O. The minimum atomic E-state index is -0.423. The molecule has 2 rings (SSSR count). The van der Waals surface area contributed by atoms with Gasteiger partial charge < -0.3 is 10.3 Å². The van der Waals surface area contributed by atoms with Crippen molar-refractivity contribution in [2.24, 2.45) is 0 Å². The Bertz CT molecular complexity index is 550. The molecule has 1 amide bonds. The van der Waals surface area contributed by atoms with E-state index in [1.165, 1.54) is 18.5 Å². The average molecular weight is 292 g/mol. The van der Waals surface area contributed by atoms with Gasteiger partial charge in [0.05, 0.1) is 5.02 Å². The summed E-state index contributed by atoms with van der Waals surface area (Å²) in [5.74, 6) is -0.134. The summed E-state index contributed by atoms with van der Waals surface area (Å²) in [5, 5.41) is 3.23. The first-order chi connectivity index (χ1) is 8.06. The highest BCUT2D eigenvalue weighted by molar-refractivity contribution is 6.41. The van der Waals surface area contributed by atoms with Gasteiger partial charge in [-0.1, -0.05) is 34.8 Å². The monoisotopic (exact) mass is 290 g/mol. The van der Waals surface area contributed by atoms with Crippen LogP contribution in [0.2, 0.25) is 15.3 Å². The molecule has 88 valence electrons. The van der Waals surface area contributed by atoms with Gasteiger partial charge in [0.2, 0.25) is 0 Å². The third-order valence-corrected chi connectivity index (χ3v) is 2.74. The van der Waals surface area contributed by atoms with Crippen LogP contribution in [0.5, 0.6) is 0 Å². The number of aromatic nitrogens is 3. The maximum atomic E-state index is 11.7. The van der Waals surface area contributed by atoms with Crippen molar-refractivity contribution in [3.63, 3.8) is 0 Å². The van der Waals surface area contributed by atoms with Crippen molar-refractivity contribution in [1.82, 2.24) is 15.0 Å². The Morgan fingerprint density at radius 1 is 1.24 bits per heavy atom. The number of carbonyl (C=O) groups excluding carboxylic acids is 1. The number of halogens is 3. The van der Waals surface area contributed by atoms with Crippen molar-refractivity contribution in [2.75, 3.05) is 5.32 Å². The van der Waals surface area contributed by atoms with Crippen LogP contribution in [0.3, 0.4) is 0 Å². The van der Waals surface area contributed by atoms with Crippen LogP contribution in [0.1, 0.15) is 10.5 Å². The Morgan fingerprint density at radius 3 is 2.59 bits per heavy atom. The van der Waals surface area contributed by atoms with Gasteiger partial charge in [0.25, 0.3) is 5.91 Å². The topological polar surface area (TPSA) is 70.7 Å². The van der Waals surface area contributed by atoms with Crippen molar-refractivity contribution in [3.05, 3.63) is 39.5 Å². The lowest BCUT2D eigenvalue weighted by molar-refractivity contribution is 0.102. The van der Waals surface area contributed by atoms with E-state index in [-0.39, 0.29) is 26.8 Å². The van der Waals surface area contributed by atoms with E-state index < -0.39 is 5.91 Å². The number of aromatic amines is 1. The molecule has 0 atom stereocenters. The predicted molar refractivity (Wildman–Crippen MR) is 65.8 cm³/mol. The van der Waals surface area contributed by atoms with Crippen LogP contribution in [0.4, 0.5) is 5.82 Å². The number of nitrogens with zero attached hydrogens (tertiary/aromatic N) is 2. The molecule has 0 aliphatic carbocycles. The maximum Gasteiger partial charge on any atom is 0.273 e. The van der Waals surface area contributed by atoms with Gasteiger partial charge in [-0.3, -0.25) is 4.79 Å². The first-order valence-corrected chi connectivity index (χ1v) is 5.52. The SMILES string of the molecule is O=C(Nc1cc(Cl)ncn1)c1cc(Cl)c(Cl)[nH]1. The smallest absolute Gasteiger partial charge is 0.273 e. The number of amides is 1. The van der Waals surface area contributed by atoms with E-state index >= 15 is 0 Å². The number of anilines is 1. The number of rotatable bonds is 2. The fourth-order valence-electron chi connectivity index (χ4n) is 1.11. The van der Waals surface area contributed by atoms with E-state index in [1.54, 1.807) is 0 Å². The van der Waals surface area contributed by atoms with Crippen LogP contribution >= 0.6 is 34.8 Å². The number of H-pyrrole nitrogens is 1. The summed E-state index contributed by atoms with van der Waals surface area (Å²) in [4.78, 5) is 21.9. The van der Waals surface area contributed by atoms with E-state index in [9.17, 15) is 4.79 Å². The summed E-state index contributed by atoms with van der Waals surface area (Å²) in [7, 11) is 0. The maximum absolute atomic E-state index is 11.7. The highest BCUT2D eigenvalue weighted by Crippen LogP contribution is 2.22. The fourth-order valence-corrected chi connectivity index (χ4v) is 1.57. The quantitative estimate of drug-likeness (QED) is 0.836. The molecule has 2 aromatic rings. The first kappa shape index (κ1) is 12.2. The van der Waals surface area contributed by atoms with Gasteiger partial charge in [-0.15, -0.1) is 0 Å². The average Bonchev–Trinajstić information content (AvgIpc) is 2.59. The molecule has 0 fully saturated rings. The van der Waals surface area contributed by atoms with Crippen LogP contribution in [0.15, 0.2) is 18.5 Å². The van der Waals surface area contributed by atoms with Gasteiger partial charge in [-0.05, 0) is 6.07 Å². The van der Waals surface area contributed by atoms with E-state index in [1.807, 2.05) is 0 Å². The second-order valence-electron chi connectivity index (χ2n) is 3.03. The minimum absolute atomic E-state index is 0.206. The second kappa shape index (κ2) is 4.91. The Hall–Kier alpha value is -1.30. The van der Waals surface area contributed by atoms with Gasteiger partial charge in [-0.2, -0.15) is 0 Å². The number of nitrogens with one attached hydrogen (secondary N) is 2. The van der Waals surface area contributed by atoms with E-state index in [0.717, 1.165) is 0 Å². The molecule has 8 heteroatoms. The lowest BCUT2D eigenvalue weighted by Crippen LogP contribution is -2.13. The van der Waals surface area contributed by atoms with Crippen molar-refractivity contribution in [1.29, 1.82) is 0 Å². The largest absolute Gasteiger partial charge is 0.340 e. The molecule has 5 nitrogen and oxygen atoms in total. The van der Waals surface area contributed by atoms with Gasteiger partial charge in [-0.25, -0.2) is 9.97 Å². The lowest BCUT2D eigenvalue weighted by atomic mass is 10.4. The van der Waals surface area contributed by atoms with E-state index in [0.29, 0.717) is 0 Å². The van der Waals surface area contributed by atoms with Crippen molar-refractivity contribution in [2.45, 2.75) is 0 Å². The lowest BCUT2D eigenvalue weighted by Gasteiger charge is -2.01. The molecule has 0 saturated heterocycles. The highest BCUT2D eigenvalue weighted by atomic mass is 35.5. The third kappa shape index (κ3) is 2.88. The van der Waals surface area contributed by atoms with E-state index in [4.69, 9.17) is 34.8 Å². The van der Waals surface area contributed by atoms with Crippen LogP contribution in [-0.4, -0.2) is 20.9 Å². The van der Waals surface area contributed by atoms with Crippen LogP contribution in [0.25, 0.3) is 0 Å². The van der Waals surface area contributed by atoms with Crippen LogP contribution < -0.4 is 5.32 Å². The van der Waals surface area contributed by atoms with Gasteiger partial charge in [0.15, 0.2) is 0 Å². The molecule has 0 aromatic carbocycles. The van der Waals surface area contributed by atoms with Gasteiger partial charge >= 0.3 is 0 Å². The summed E-state index contributed by atoms with van der Waals surface area (Å²) in [6.07, 6.45) is 1.24. The zero-order chi connectivity index (χ0) is 12.4. The third-order valence-electron chi connectivity index (χ3n) is 1.85. The number of hydrogen-bond donors (Lipinski definition) is 2. The zero-order valence-corrected chi connectivity index (χ0v) is 10.4. The Kier molecular flexibility index (Phi) is 3.51. The number of carbonyl (C=O) groups is 1. The summed E-state index contributed by atoms with van der Waals surface area (Å²) < 4.78 is 0. The van der Waals surface area contributed by atoms with Crippen LogP contribution in [-0.2, 0) is 0 Å². The minimum Gasteiger partial charge on any atom is -0.340 e. The summed E-state index contributed by atoms with van der Waals surface area (Å²) in [6, 6.07) is 2.84. The molecule has 0 spiro atoms.